The Kier molecular flexibility index (Phi) is 4.97. The van der Waals surface area contributed by atoms with Crippen LogP contribution in [0.1, 0.15) is 11.1 Å². The van der Waals surface area contributed by atoms with E-state index in [0.717, 1.165) is 15.6 Å². The highest BCUT2D eigenvalue weighted by atomic mass is 79.9. The number of hydrogen-bond acceptors (Lipinski definition) is 2. The van der Waals surface area contributed by atoms with Gasteiger partial charge in [0.05, 0.1) is 0 Å². The molecule has 1 rings (SSSR count). The number of rotatable bonds is 4. The minimum Gasteiger partial charge on any atom is -0.382 e. The maximum absolute atomic E-state index is 12.0. The Morgan fingerprint density at radius 3 is 2.59 bits per heavy atom. The van der Waals surface area contributed by atoms with Crippen molar-refractivity contribution < 1.29 is 18.3 Å². The third kappa shape index (κ3) is 4.65. The van der Waals surface area contributed by atoms with Gasteiger partial charge in [-0.05, 0) is 24.1 Å². The summed E-state index contributed by atoms with van der Waals surface area (Å²) in [4.78, 5) is 0. The summed E-state index contributed by atoms with van der Waals surface area (Å²) in [5.74, 6) is 0. The van der Waals surface area contributed by atoms with Crippen molar-refractivity contribution in [3.8, 4) is 0 Å². The normalized spacial score (nSPS) is 13.8. The largest absolute Gasteiger partial charge is 0.415 e. The molecule has 2 nitrogen and oxygen atoms in total. The van der Waals surface area contributed by atoms with Crippen molar-refractivity contribution in [3.05, 3.63) is 33.8 Å². The zero-order valence-corrected chi connectivity index (χ0v) is 10.8. The van der Waals surface area contributed by atoms with E-state index in [9.17, 15) is 13.2 Å². The van der Waals surface area contributed by atoms with E-state index in [0.29, 0.717) is 0 Å². The standard InChI is InChI=1S/C11H13BrF3NO/c1-7-2-3-8(4-9(7)12)5-16-6-10(17)11(13,14)15/h2-4,10,16-17H,5-6H2,1H3. The number of hydrogen-bond donors (Lipinski definition) is 2. The van der Waals surface area contributed by atoms with Crippen molar-refractivity contribution in [1.29, 1.82) is 0 Å². The molecule has 0 aliphatic carbocycles. The van der Waals surface area contributed by atoms with Crippen LogP contribution in [0.5, 0.6) is 0 Å². The highest BCUT2D eigenvalue weighted by Gasteiger charge is 2.37. The molecule has 0 aliphatic heterocycles. The van der Waals surface area contributed by atoms with Crippen LogP contribution in [0.25, 0.3) is 0 Å². The van der Waals surface area contributed by atoms with Crippen LogP contribution in [0.2, 0.25) is 0 Å². The van der Waals surface area contributed by atoms with Gasteiger partial charge in [0.25, 0.3) is 0 Å². The van der Waals surface area contributed by atoms with Crippen LogP contribution in [0.4, 0.5) is 13.2 Å². The summed E-state index contributed by atoms with van der Waals surface area (Å²) < 4.78 is 36.9. The molecule has 0 heterocycles. The second-order valence-corrected chi connectivity index (χ2v) is 4.63. The van der Waals surface area contributed by atoms with Crippen LogP contribution in [0.3, 0.4) is 0 Å². The fourth-order valence-electron chi connectivity index (χ4n) is 1.22. The molecule has 0 bridgehead atoms. The Morgan fingerprint density at radius 1 is 1.41 bits per heavy atom. The molecule has 0 fully saturated rings. The molecule has 0 amide bonds. The molecule has 6 heteroatoms. The molecule has 1 atom stereocenters. The van der Waals surface area contributed by atoms with Crippen molar-refractivity contribution in [2.24, 2.45) is 0 Å². The zero-order valence-electron chi connectivity index (χ0n) is 9.18. The molecule has 0 spiro atoms. The molecule has 17 heavy (non-hydrogen) atoms. The summed E-state index contributed by atoms with van der Waals surface area (Å²) in [6, 6.07) is 5.54. The monoisotopic (exact) mass is 311 g/mol. The average Bonchev–Trinajstić information content (AvgIpc) is 2.22. The Bertz CT molecular complexity index is 381. The van der Waals surface area contributed by atoms with Crippen molar-refractivity contribution in [3.63, 3.8) is 0 Å². The number of alkyl halides is 3. The fraction of sp³-hybridized carbons (Fsp3) is 0.455. The van der Waals surface area contributed by atoms with Crippen molar-refractivity contribution in [2.75, 3.05) is 6.54 Å². The Balaban J connectivity index is 2.44. The number of aryl methyl sites for hydroxylation is 1. The molecule has 0 aliphatic rings. The quantitative estimate of drug-likeness (QED) is 0.896. The predicted molar refractivity (Wildman–Crippen MR) is 62.6 cm³/mol. The van der Waals surface area contributed by atoms with Gasteiger partial charge < -0.3 is 10.4 Å². The molecular formula is C11H13BrF3NO. The summed E-state index contributed by atoms with van der Waals surface area (Å²) in [6.45, 7) is 1.70. The second kappa shape index (κ2) is 5.84. The Hall–Kier alpha value is -0.590. The molecule has 1 aromatic rings. The fourth-order valence-corrected chi connectivity index (χ4v) is 1.64. The lowest BCUT2D eigenvalue weighted by Gasteiger charge is -2.15. The Morgan fingerprint density at radius 2 is 2.06 bits per heavy atom. The van der Waals surface area contributed by atoms with E-state index in [4.69, 9.17) is 5.11 Å². The minimum absolute atomic E-state index is 0.284. The zero-order chi connectivity index (χ0) is 13.1. The van der Waals surface area contributed by atoms with E-state index in [1.54, 1.807) is 0 Å². The van der Waals surface area contributed by atoms with E-state index < -0.39 is 18.8 Å². The second-order valence-electron chi connectivity index (χ2n) is 3.77. The van der Waals surface area contributed by atoms with Gasteiger partial charge in [-0.3, -0.25) is 0 Å². The topological polar surface area (TPSA) is 32.3 Å². The van der Waals surface area contributed by atoms with E-state index in [2.05, 4.69) is 21.2 Å². The summed E-state index contributed by atoms with van der Waals surface area (Å²) in [7, 11) is 0. The van der Waals surface area contributed by atoms with E-state index in [1.807, 2.05) is 25.1 Å². The molecule has 1 unspecified atom stereocenters. The average molecular weight is 312 g/mol. The first-order valence-corrected chi connectivity index (χ1v) is 5.80. The van der Waals surface area contributed by atoms with Crippen LogP contribution < -0.4 is 5.32 Å². The maximum atomic E-state index is 12.0. The summed E-state index contributed by atoms with van der Waals surface area (Å²) in [5, 5.41) is 11.3. The number of halogens is 4. The number of nitrogens with one attached hydrogen (secondary N) is 1. The van der Waals surface area contributed by atoms with Crippen LogP contribution in [0.15, 0.2) is 22.7 Å². The SMILES string of the molecule is Cc1ccc(CNCC(O)C(F)(F)F)cc1Br. The lowest BCUT2D eigenvalue weighted by Crippen LogP contribution is -2.38. The van der Waals surface area contributed by atoms with Crippen LogP contribution >= 0.6 is 15.9 Å². The van der Waals surface area contributed by atoms with Gasteiger partial charge in [-0.2, -0.15) is 13.2 Å². The van der Waals surface area contributed by atoms with Gasteiger partial charge >= 0.3 is 6.18 Å². The van der Waals surface area contributed by atoms with Crippen LogP contribution in [-0.2, 0) is 6.54 Å². The van der Waals surface area contributed by atoms with Crippen molar-refractivity contribution >= 4 is 15.9 Å². The smallest absolute Gasteiger partial charge is 0.382 e. The number of aliphatic hydroxyl groups is 1. The summed E-state index contributed by atoms with van der Waals surface area (Å²) in [6.07, 6.45) is -6.89. The van der Waals surface area contributed by atoms with Gasteiger partial charge in [-0.15, -0.1) is 0 Å². The molecule has 0 radical (unpaired) electrons. The summed E-state index contributed by atoms with van der Waals surface area (Å²) >= 11 is 3.34. The van der Waals surface area contributed by atoms with Gasteiger partial charge in [-0.1, -0.05) is 28.1 Å². The lowest BCUT2D eigenvalue weighted by molar-refractivity contribution is -0.201. The predicted octanol–water partition coefficient (Wildman–Crippen LogP) is 2.77. The van der Waals surface area contributed by atoms with Crippen molar-refractivity contribution in [1.82, 2.24) is 5.32 Å². The molecule has 0 aromatic heterocycles. The molecule has 2 N–H and O–H groups in total. The molecular weight excluding hydrogens is 299 g/mol. The Labute approximate surface area is 106 Å². The van der Waals surface area contributed by atoms with Crippen LogP contribution in [-0.4, -0.2) is 23.9 Å². The molecule has 96 valence electrons. The first-order chi connectivity index (χ1) is 7.80. The molecule has 1 aromatic carbocycles. The molecule has 0 saturated heterocycles. The van der Waals surface area contributed by atoms with Gasteiger partial charge in [0, 0.05) is 17.6 Å². The number of aliphatic hydroxyl groups excluding tert-OH is 1. The third-order valence-electron chi connectivity index (χ3n) is 2.28. The first-order valence-electron chi connectivity index (χ1n) is 5.01. The maximum Gasteiger partial charge on any atom is 0.415 e. The highest BCUT2D eigenvalue weighted by molar-refractivity contribution is 9.10. The highest BCUT2D eigenvalue weighted by Crippen LogP contribution is 2.20. The van der Waals surface area contributed by atoms with E-state index in [1.165, 1.54) is 0 Å². The lowest BCUT2D eigenvalue weighted by atomic mass is 10.1. The van der Waals surface area contributed by atoms with E-state index >= 15 is 0 Å². The third-order valence-corrected chi connectivity index (χ3v) is 3.14. The van der Waals surface area contributed by atoms with Gasteiger partial charge in [0.2, 0.25) is 0 Å². The summed E-state index contributed by atoms with van der Waals surface area (Å²) in [5.41, 5.74) is 1.92. The van der Waals surface area contributed by atoms with Crippen molar-refractivity contribution in [2.45, 2.75) is 25.7 Å². The van der Waals surface area contributed by atoms with Gasteiger partial charge in [-0.25, -0.2) is 0 Å². The first kappa shape index (κ1) is 14.5. The van der Waals surface area contributed by atoms with Crippen LogP contribution in [0, 0.1) is 6.92 Å². The van der Waals surface area contributed by atoms with E-state index in [-0.39, 0.29) is 6.54 Å². The molecule has 0 saturated carbocycles. The number of benzene rings is 1. The van der Waals surface area contributed by atoms with Gasteiger partial charge in [0.1, 0.15) is 0 Å². The minimum atomic E-state index is -4.57. The van der Waals surface area contributed by atoms with Gasteiger partial charge in [0.15, 0.2) is 6.10 Å².